The molecule has 0 fully saturated rings. The van der Waals surface area contributed by atoms with Gasteiger partial charge in [-0.2, -0.15) is 0 Å². The first-order chi connectivity index (χ1) is 21.4. The number of aliphatic hydroxyl groups excluding tert-OH is 1. The van der Waals surface area contributed by atoms with Crippen molar-refractivity contribution in [3.8, 4) is 40.2 Å². The van der Waals surface area contributed by atoms with Crippen molar-refractivity contribution in [3.05, 3.63) is 100 Å². The van der Waals surface area contributed by atoms with E-state index in [1.165, 1.54) is 0 Å². The second-order valence-corrected chi connectivity index (χ2v) is 9.67. The fourth-order valence-electron chi connectivity index (χ4n) is 4.62. The molecule has 0 bridgehead atoms. The van der Waals surface area contributed by atoms with E-state index in [1.807, 2.05) is 91.0 Å². The molecule has 0 saturated carbocycles. The Kier molecular flexibility index (Phi) is 11.2. The van der Waals surface area contributed by atoms with Gasteiger partial charge >= 0.3 is 0 Å². The lowest BCUT2D eigenvalue weighted by Crippen LogP contribution is -2.01. The topological polar surface area (TPSA) is 84.8 Å². The highest BCUT2D eigenvalue weighted by Gasteiger charge is 2.15. The molecule has 0 spiro atoms. The van der Waals surface area contributed by atoms with E-state index in [-0.39, 0.29) is 6.61 Å². The third-order valence-electron chi connectivity index (χ3n) is 6.91. The Morgan fingerprint density at radius 1 is 0.523 bits per heavy atom. The second kappa shape index (κ2) is 15.4. The smallest absolute Gasteiger partial charge is 0.203 e. The molecule has 0 heterocycles. The van der Waals surface area contributed by atoms with Gasteiger partial charge in [-0.3, -0.25) is 0 Å². The van der Waals surface area contributed by atoms with E-state index in [2.05, 4.69) is 0 Å². The molecule has 0 amide bonds. The quantitative estimate of drug-likeness (QED) is 0.153. The molecule has 0 aromatic heterocycles. The highest BCUT2D eigenvalue weighted by atomic mass is 16.5. The van der Waals surface area contributed by atoms with Crippen LogP contribution < -0.4 is 33.2 Å². The molecular weight excluding hydrogens is 560 g/mol. The van der Waals surface area contributed by atoms with Crippen LogP contribution in [0.1, 0.15) is 33.4 Å². The number of hydrogen-bond donors (Lipinski definition) is 1. The summed E-state index contributed by atoms with van der Waals surface area (Å²) in [6.07, 6.45) is 7.80. The Morgan fingerprint density at radius 3 is 1.50 bits per heavy atom. The van der Waals surface area contributed by atoms with Gasteiger partial charge in [0.2, 0.25) is 5.75 Å². The van der Waals surface area contributed by atoms with E-state index in [9.17, 15) is 5.11 Å². The molecular formula is C36H38O8. The predicted octanol–water partition coefficient (Wildman–Crippen LogP) is 7.15. The molecule has 0 aliphatic carbocycles. The molecule has 0 atom stereocenters. The normalized spacial score (nSPS) is 11.1. The van der Waals surface area contributed by atoms with Gasteiger partial charge in [0.15, 0.2) is 11.5 Å². The third-order valence-corrected chi connectivity index (χ3v) is 6.91. The van der Waals surface area contributed by atoms with Crippen LogP contribution in [0.4, 0.5) is 0 Å². The van der Waals surface area contributed by atoms with Crippen molar-refractivity contribution in [1.29, 1.82) is 0 Å². The molecule has 8 nitrogen and oxygen atoms in total. The van der Waals surface area contributed by atoms with Crippen molar-refractivity contribution in [2.45, 2.75) is 13.2 Å². The van der Waals surface area contributed by atoms with Crippen LogP contribution in [0.25, 0.3) is 24.3 Å². The van der Waals surface area contributed by atoms with E-state index in [1.54, 1.807) is 42.7 Å². The molecule has 1 N–H and O–H groups in total. The minimum atomic E-state index is -0.0312. The average molecular weight is 599 g/mol. The summed E-state index contributed by atoms with van der Waals surface area (Å²) < 4.78 is 39.6. The summed E-state index contributed by atoms with van der Waals surface area (Å²) in [5.41, 5.74) is 5.17. The number of ether oxygens (including phenoxy) is 7. The summed E-state index contributed by atoms with van der Waals surface area (Å²) in [6, 6.07) is 20.9. The first-order valence-corrected chi connectivity index (χ1v) is 13.9. The number of hydrogen-bond acceptors (Lipinski definition) is 8. The van der Waals surface area contributed by atoms with Crippen LogP contribution in [0.5, 0.6) is 40.2 Å². The molecule has 0 aliphatic heterocycles. The molecule has 0 aliphatic rings. The van der Waals surface area contributed by atoms with Gasteiger partial charge in [0.1, 0.15) is 29.6 Å². The SMILES string of the molecule is COc1cc(/C=C/c2cc(OC)c(/C=C/c3cc(OC)c(OCc4cccc(CO)c4)c(OC)c3)cc2OC)cc(OC)c1. The lowest BCUT2D eigenvalue weighted by Gasteiger charge is -2.16. The van der Waals surface area contributed by atoms with Gasteiger partial charge in [0.25, 0.3) is 0 Å². The van der Waals surface area contributed by atoms with Crippen molar-refractivity contribution >= 4 is 24.3 Å². The standard InChI is InChI=1S/C36H38O8/c1-38-30-15-24(16-31(21-30)39-2)10-12-28-19-33(41-4)29(20-32(28)40-3)13-11-25-17-34(42-5)36(35(18-25)43-6)44-23-27-9-7-8-26(14-27)22-37/h7-21,37H,22-23H2,1-6H3/b12-10+,13-11+. The zero-order valence-electron chi connectivity index (χ0n) is 25.9. The maximum atomic E-state index is 9.44. The largest absolute Gasteiger partial charge is 0.497 e. The molecule has 8 heteroatoms. The van der Waals surface area contributed by atoms with Crippen LogP contribution in [0.3, 0.4) is 0 Å². The zero-order chi connectivity index (χ0) is 31.5. The van der Waals surface area contributed by atoms with Gasteiger partial charge in [0.05, 0.1) is 49.3 Å². The number of methoxy groups -OCH3 is 6. The number of rotatable bonds is 14. The van der Waals surface area contributed by atoms with Gasteiger partial charge < -0.3 is 38.3 Å². The van der Waals surface area contributed by atoms with Gasteiger partial charge in [0, 0.05) is 17.2 Å². The number of aliphatic hydroxyl groups is 1. The lowest BCUT2D eigenvalue weighted by atomic mass is 10.0. The van der Waals surface area contributed by atoms with E-state index in [4.69, 9.17) is 33.2 Å². The summed E-state index contributed by atoms with van der Waals surface area (Å²) >= 11 is 0. The van der Waals surface area contributed by atoms with E-state index < -0.39 is 0 Å². The second-order valence-electron chi connectivity index (χ2n) is 9.67. The molecule has 0 radical (unpaired) electrons. The molecule has 4 aromatic carbocycles. The summed E-state index contributed by atoms with van der Waals surface area (Å²) in [5, 5.41) is 9.44. The molecule has 0 unspecified atom stereocenters. The zero-order valence-corrected chi connectivity index (χ0v) is 25.9. The van der Waals surface area contributed by atoms with Crippen molar-refractivity contribution in [1.82, 2.24) is 0 Å². The van der Waals surface area contributed by atoms with E-state index >= 15 is 0 Å². The van der Waals surface area contributed by atoms with Crippen LogP contribution in [-0.2, 0) is 13.2 Å². The Hall–Kier alpha value is -5.08. The maximum absolute atomic E-state index is 9.44. The van der Waals surface area contributed by atoms with Crippen LogP contribution in [0, 0.1) is 0 Å². The summed E-state index contributed by atoms with van der Waals surface area (Å²) in [6.45, 7) is 0.259. The Morgan fingerprint density at radius 2 is 1.02 bits per heavy atom. The first kappa shape index (κ1) is 31.8. The van der Waals surface area contributed by atoms with Crippen molar-refractivity contribution in [2.24, 2.45) is 0 Å². The predicted molar refractivity (Wildman–Crippen MR) is 173 cm³/mol. The van der Waals surface area contributed by atoms with Gasteiger partial charge in [-0.15, -0.1) is 0 Å². The lowest BCUT2D eigenvalue weighted by molar-refractivity contribution is 0.264. The van der Waals surface area contributed by atoms with E-state index in [0.29, 0.717) is 46.9 Å². The van der Waals surface area contributed by atoms with Crippen LogP contribution in [-0.4, -0.2) is 47.8 Å². The maximum Gasteiger partial charge on any atom is 0.203 e. The minimum Gasteiger partial charge on any atom is -0.497 e. The van der Waals surface area contributed by atoms with Crippen molar-refractivity contribution in [2.75, 3.05) is 42.7 Å². The molecule has 0 saturated heterocycles. The summed E-state index contributed by atoms with van der Waals surface area (Å²) in [7, 11) is 9.69. The van der Waals surface area contributed by atoms with Crippen molar-refractivity contribution < 1.29 is 38.3 Å². The first-order valence-electron chi connectivity index (χ1n) is 13.9. The number of benzene rings is 4. The molecule has 4 rings (SSSR count). The Balaban J connectivity index is 1.60. The molecule has 44 heavy (non-hydrogen) atoms. The molecule has 230 valence electrons. The van der Waals surface area contributed by atoms with Crippen molar-refractivity contribution in [3.63, 3.8) is 0 Å². The van der Waals surface area contributed by atoms with E-state index in [0.717, 1.165) is 33.4 Å². The summed E-state index contributed by atoms with van der Waals surface area (Å²) in [5.74, 6) is 4.31. The van der Waals surface area contributed by atoms with Gasteiger partial charge in [-0.25, -0.2) is 0 Å². The minimum absolute atomic E-state index is 0.0312. The Bertz CT molecular complexity index is 1580. The highest BCUT2D eigenvalue weighted by Crippen LogP contribution is 2.40. The molecule has 4 aromatic rings. The summed E-state index contributed by atoms with van der Waals surface area (Å²) in [4.78, 5) is 0. The van der Waals surface area contributed by atoms with Crippen LogP contribution in [0.15, 0.2) is 66.7 Å². The monoisotopic (exact) mass is 598 g/mol. The Labute approximate surface area is 258 Å². The van der Waals surface area contributed by atoms with Gasteiger partial charge in [-0.1, -0.05) is 48.6 Å². The average Bonchev–Trinajstić information content (AvgIpc) is 3.08. The fourth-order valence-corrected chi connectivity index (χ4v) is 4.62. The van der Waals surface area contributed by atoms with Crippen LogP contribution in [0.2, 0.25) is 0 Å². The van der Waals surface area contributed by atoms with Gasteiger partial charge in [-0.05, 0) is 58.7 Å². The third kappa shape index (κ3) is 7.85. The highest BCUT2D eigenvalue weighted by molar-refractivity contribution is 5.80. The fraction of sp³-hybridized carbons (Fsp3) is 0.222. The van der Waals surface area contributed by atoms with Crippen LogP contribution >= 0.6 is 0 Å².